The summed E-state index contributed by atoms with van der Waals surface area (Å²) in [4.78, 5) is 0.189. The van der Waals surface area contributed by atoms with Crippen molar-refractivity contribution >= 4 is 31.9 Å². The minimum atomic E-state index is 0.189. The molecule has 100 valence electrons. The maximum absolute atomic E-state index is 5.26. The van der Waals surface area contributed by atoms with Gasteiger partial charge >= 0.3 is 0 Å². The van der Waals surface area contributed by atoms with Crippen LogP contribution in [0.15, 0.2) is 40.9 Å². The van der Waals surface area contributed by atoms with Gasteiger partial charge in [0.15, 0.2) is 0 Å². The van der Waals surface area contributed by atoms with Crippen molar-refractivity contribution in [2.75, 3.05) is 7.11 Å². The van der Waals surface area contributed by atoms with Gasteiger partial charge < -0.3 is 4.74 Å². The van der Waals surface area contributed by atoms with Crippen molar-refractivity contribution in [3.63, 3.8) is 0 Å². The van der Waals surface area contributed by atoms with Gasteiger partial charge in [-0.3, -0.25) is 0 Å². The highest BCUT2D eigenvalue weighted by Gasteiger charge is 2.12. The number of methoxy groups -OCH3 is 1. The molecule has 0 spiro atoms. The van der Waals surface area contributed by atoms with Gasteiger partial charge in [0.2, 0.25) is 0 Å². The quantitative estimate of drug-likeness (QED) is 0.630. The zero-order chi connectivity index (χ0) is 14.0. The third-order valence-corrected chi connectivity index (χ3v) is 4.97. The minimum absolute atomic E-state index is 0.189. The molecular weight excluding hydrogens is 368 g/mol. The first-order valence-corrected chi connectivity index (χ1v) is 7.78. The van der Waals surface area contributed by atoms with E-state index in [2.05, 4.69) is 76.0 Å². The zero-order valence-electron chi connectivity index (χ0n) is 11.2. The highest BCUT2D eigenvalue weighted by atomic mass is 79.9. The van der Waals surface area contributed by atoms with Gasteiger partial charge in [0.05, 0.1) is 16.4 Å². The van der Waals surface area contributed by atoms with Gasteiger partial charge in [0.1, 0.15) is 5.75 Å². The summed E-state index contributed by atoms with van der Waals surface area (Å²) in [5, 5.41) is 0. The van der Waals surface area contributed by atoms with Crippen LogP contribution in [0, 0.1) is 13.8 Å². The number of ether oxygens (including phenoxy) is 1. The van der Waals surface area contributed by atoms with Gasteiger partial charge in [0, 0.05) is 0 Å². The number of hydrogen-bond acceptors (Lipinski definition) is 1. The van der Waals surface area contributed by atoms with Crippen LogP contribution in [0.4, 0.5) is 0 Å². The summed E-state index contributed by atoms with van der Waals surface area (Å²) in [7, 11) is 1.68. The smallest absolute Gasteiger partial charge is 0.133 e. The molecule has 1 nitrogen and oxygen atoms in total. The monoisotopic (exact) mass is 382 g/mol. The fourth-order valence-corrected chi connectivity index (χ4v) is 3.08. The molecule has 19 heavy (non-hydrogen) atoms. The van der Waals surface area contributed by atoms with E-state index in [4.69, 9.17) is 4.74 Å². The molecule has 2 rings (SSSR count). The van der Waals surface area contributed by atoms with Gasteiger partial charge in [-0.15, -0.1) is 0 Å². The Balaban J connectivity index is 2.35. The third-order valence-electron chi connectivity index (χ3n) is 3.29. The van der Waals surface area contributed by atoms with Crippen molar-refractivity contribution < 1.29 is 4.74 Å². The number of alkyl halides is 1. The van der Waals surface area contributed by atoms with E-state index in [0.29, 0.717) is 0 Å². The van der Waals surface area contributed by atoms with Crippen molar-refractivity contribution in [3.05, 3.63) is 63.1 Å². The molecule has 1 unspecified atom stereocenters. The van der Waals surface area contributed by atoms with Gasteiger partial charge in [-0.1, -0.05) is 40.2 Å². The number of hydrogen-bond donors (Lipinski definition) is 0. The molecule has 0 aliphatic carbocycles. The highest BCUT2D eigenvalue weighted by molar-refractivity contribution is 9.10. The number of aryl methyl sites for hydroxylation is 2. The molecule has 0 fully saturated rings. The first kappa shape index (κ1) is 14.6. The molecule has 2 aromatic carbocycles. The molecule has 2 aromatic rings. The van der Waals surface area contributed by atoms with Crippen molar-refractivity contribution in [1.29, 1.82) is 0 Å². The van der Waals surface area contributed by atoms with Crippen molar-refractivity contribution in [2.45, 2.75) is 18.7 Å². The maximum Gasteiger partial charge on any atom is 0.133 e. The molecule has 0 saturated heterocycles. The van der Waals surface area contributed by atoms with E-state index < -0.39 is 0 Å². The lowest BCUT2D eigenvalue weighted by molar-refractivity contribution is 0.412. The SMILES string of the molecule is COc1ccc(C(Br)c2ccc(C)c(C)c2)cc1Br. The lowest BCUT2D eigenvalue weighted by atomic mass is 10.0. The molecule has 0 N–H and O–H groups in total. The predicted molar refractivity (Wildman–Crippen MR) is 87.4 cm³/mol. The summed E-state index contributed by atoms with van der Waals surface area (Å²) < 4.78 is 6.23. The molecule has 0 radical (unpaired) electrons. The third kappa shape index (κ3) is 3.21. The Morgan fingerprint density at radius 2 is 1.58 bits per heavy atom. The Morgan fingerprint density at radius 3 is 2.16 bits per heavy atom. The van der Waals surface area contributed by atoms with Crippen LogP contribution in [-0.2, 0) is 0 Å². The molecule has 0 saturated carbocycles. The Labute approximate surface area is 131 Å². The number of rotatable bonds is 3. The second kappa shape index (κ2) is 6.10. The fraction of sp³-hybridized carbons (Fsp3) is 0.250. The molecule has 0 aromatic heterocycles. The summed E-state index contributed by atoms with van der Waals surface area (Å²) in [6.07, 6.45) is 0. The number of halogens is 2. The second-order valence-electron chi connectivity index (χ2n) is 4.60. The van der Waals surface area contributed by atoms with E-state index in [1.165, 1.54) is 22.3 Å². The average molecular weight is 384 g/mol. The van der Waals surface area contributed by atoms with Gasteiger partial charge in [0.25, 0.3) is 0 Å². The molecule has 1 atom stereocenters. The van der Waals surface area contributed by atoms with Gasteiger partial charge in [-0.25, -0.2) is 0 Å². The second-order valence-corrected chi connectivity index (χ2v) is 6.37. The molecule has 0 amide bonds. The van der Waals surface area contributed by atoms with Crippen LogP contribution in [-0.4, -0.2) is 7.11 Å². The molecule has 3 heteroatoms. The largest absolute Gasteiger partial charge is 0.496 e. The minimum Gasteiger partial charge on any atom is -0.496 e. The lowest BCUT2D eigenvalue weighted by Gasteiger charge is -2.14. The van der Waals surface area contributed by atoms with Crippen LogP contribution in [0.2, 0.25) is 0 Å². The van der Waals surface area contributed by atoms with E-state index in [0.717, 1.165) is 10.2 Å². The Morgan fingerprint density at radius 1 is 0.947 bits per heavy atom. The Bertz CT molecular complexity index is 593. The topological polar surface area (TPSA) is 9.23 Å². The van der Waals surface area contributed by atoms with Crippen LogP contribution < -0.4 is 4.74 Å². The molecular formula is C16H16Br2O. The summed E-state index contributed by atoms with van der Waals surface area (Å²) in [6, 6.07) is 12.7. The summed E-state index contributed by atoms with van der Waals surface area (Å²) in [5.41, 5.74) is 5.10. The summed E-state index contributed by atoms with van der Waals surface area (Å²) in [5.74, 6) is 0.850. The fourth-order valence-electron chi connectivity index (χ4n) is 1.95. The van der Waals surface area contributed by atoms with Crippen LogP contribution in [0.1, 0.15) is 27.1 Å². The molecule has 0 heterocycles. The summed E-state index contributed by atoms with van der Waals surface area (Å²) >= 11 is 7.30. The first-order chi connectivity index (χ1) is 9.02. The molecule has 0 aliphatic rings. The van der Waals surface area contributed by atoms with Crippen LogP contribution in [0.5, 0.6) is 5.75 Å². The van der Waals surface area contributed by atoms with Crippen LogP contribution in [0.25, 0.3) is 0 Å². The van der Waals surface area contributed by atoms with Crippen molar-refractivity contribution in [1.82, 2.24) is 0 Å². The van der Waals surface area contributed by atoms with E-state index in [1.807, 2.05) is 6.07 Å². The van der Waals surface area contributed by atoms with Gasteiger partial charge in [-0.05, 0) is 64.2 Å². The Kier molecular flexibility index (Phi) is 4.69. The highest BCUT2D eigenvalue weighted by Crippen LogP contribution is 2.35. The van der Waals surface area contributed by atoms with Crippen LogP contribution in [0.3, 0.4) is 0 Å². The standard InChI is InChI=1S/C16H16Br2O/c1-10-4-5-12(8-11(10)2)16(18)13-6-7-15(19-3)14(17)9-13/h4-9,16H,1-3H3. The number of benzene rings is 2. The van der Waals surface area contributed by atoms with E-state index in [-0.39, 0.29) is 4.83 Å². The average Bonchev–Trinajstić information content (AvgIpc) is 2.41. The van der Waals surface area contributed by atoms with E-state index >= 15 is 0 Å². The van der Waals surface area contributed by atoms with E-state index in [9.17, 15) is 0 Å². The molecule has 0 aliphatic heterocycles. The first-order valence-electron chi connectivity index (χ1n) is 6.07. The predicted octanol–water partition coefficient (Wildman–Crippen LogP) is 5.56. The normalized spacial score (nSPS) is 12.3. The summed E-state index contributed by atoms with van der Waals surface area (Å²) in [6.45, 7) is 4.27. The maximum atomic E-state index is 5.26. The van der Waals surface area contributed by atoms with Gasteiger partial charge in [-0.2, -0.15) is 0 Å². The van der Waals surface area contributed by atoms with E-state index in [1.54, 1.807) is 7.11 Å². The lowest BCUT2D eigenvalue weighted by Crippen LogP contribution is -1.95. The molecule has 0 bridgehead atoms. The zero-order valence-corrected chi connectivity index (χ0v) is 14.4. The van der Waals surface area contributed by atoms with Crippen molar-refractivity contribution in [3.8, 4) is 5.75 Å². The van der Waals surface area contributed by atoms with Crippen LogP contribution >= 0.6 is 31.9 Å². The Hall–Kier alpha value is -0.800. The van der Waals surface area contributed by atoms with Crippen molar-refractivity contribution in [2.24, 2.45) is 0 Å².